The van der Waals surface area contributed by atoms with Crippen LogP contribution < -0.4 is 10.3 Å². The lowest BCUT2D eigenvalue weighted by atomic mass is 10.2. The third-order valence-corrected chi connectivity index (χ3v) is 4.04. The maximum Gasteiger partial charge on any atom is 0.276 e. The van der Waals surface area contributed by atoms with Crippen LogP contribution in [0.3, 0.4) is 0 Å². The van der Waals surface area contributed by atoms with Gasteiger partial charge < -0.3 is 14.7 Å². The predicted octanol–water partition coefficient (Wildman–Crippen LogP) is 3.85. The summed E-state index contributed by atoms with van der Waals surface area (Å²) >= 11 is 1.66. The van der Waals surface area contributed by atoms with Gasteiger partial charge in [-0.1, -0.05) is 6.92 Å². The Kier molecular flexibility index (Phi) is 5.74. The van der Waals surface area contributed by atoms with Gasteiger partial charge in [-0.3, -0.25) is 4.79 Å². The predicted molar refractivity (Wildman–Crippen MR) is 97.0 cm³/mol. The third-order valence-electron chi connectivity index (χ3n) is 3.32. The maximum atomic E-state index is 11.8. The lowest BCUT2D eigenvalue weighted by Crippen LogP contribution is -2.03. The second kappa shape index (κ2) is 7.57. The molecule has 2 aromatic heterocycles. The van der Waals surface area contributed by atoms with Crippen LogP contribution in [-0.4, -0.2) is 27.8 Å². The zero-order chi connectivity index (χ0) is 15.5. The van der Waals surface area contributed by atoms with Gasteiger partial charge in [0.2, 0.25) is 0 Å². The Morgan fingerprint density at radius 1 is 1.30 bits per heavy atom. The molecule has 0 radical (unpaired) electrons. The molecule has 2 heterocycles. The van der Waals surface area contributed by atoms with Crippen molar-refractivity contribution >= 4 is 35.2 Å². The molecular weight excluding hydrogens is 334 g/mol. The fourth-order valence-electron chi connectivity index (χ4n) is 2.23. The highest BCUT2D eigenvalue weighted by molar-refractivity contribution is 7.98. The Balaban J connectivity index is 0.00000192. The quantitative estimate of drug-likeness (QED) is 0.685. The molecule has 0 spiro atoms. The fraction of sp³-hybridized carbons (Fsp3) is 0.250. The van der Waals surface area contributed by atoms with E-state index in [1.807, 2.05) is 24.5 Å². The molecule has 5 nitrogen and oxygen atoms in total. The number of H-pyrrole nitrogens is 2. The molecule has 23 heavy (non-hydrogen) atoms. The molecule has 0 aliphatic heterocycles. The van der Waals surface area contributed by atoms with E-state index < -0.39 is 0 Å². The number of nitrogens with zero attached hydrogens (tertiary/aromatic N) is 1. The van der Waals surface area contributed by atoms with Crippen molar-refractivity contribution in [2.24, 2.45) is 0 Å². The number of hydrogen-bond donors (Lipinski definition) is 2. The summed E-state index contributed by atoms with van der Waals surface area (Å²) in [6, 6.07) is 7.81. The minimum Gasteiger partial charge on any atom is -0.493 e. The minimum absolute atomic E-state index is 0. The molecule has 0 atom stereocenters. The Bertz CT molecular complexity index is 860. The number of halogens is 1. The van der Waals surface area contributed by atoms with Gasteiger partial charge in [0.1, 0.15) is 11.6 Å². The molecule has 0 saturated carbocycles. The number of fused-ring (bicyclic) bond motifs is 1. The van der Waals surface area contributed by atoms with Crippen molar-refractivity contribution in [1.82, 2.24) is 15.0 Å². The smallest absolute Gasteiger partial charge is 0.276 e. The first-order chi connectivity index (χ1) is 10.7. The van der Waals surface area contributed by atoms with Gasteiger partial charge >= 0.3 is 0 Å². The van der Waals surface area contributed by atoms with E-state index in [2.05, 4.69) is 21.9 Å². The zero-order valence-corrected chi connectivity index (χ0v) is 14.5. The van der Waals surface area contributed by atoms with Gasteiger partial charge in [-0.15, -0.1) is 24.2 Å². The van der Waals surface area contributed by atoms with Gasteiger partial charge in [-0.2, -0.15) is 0 Å². The number of pyridine rings is 1. The number of benzene rings is 1. The lowest BCUT2D eigenvalue weighted by Gasteiger charge is -2.10. The number of rotatable bonds is 5. The summed E-state index contributed by atoms with van der Waals surface area (Å²) in [4.78, 5) is 23.2. The van der Waals surface area contributed by atoms with Crippen molar-refractivity contribution in [1.29, 1.82) is 0 Å². The highest BCUT2D eigenvalue weighted by Gasteiger charge is 2.13. The van der Waals surface area contributed by atoms with Crippen LogP contribution in [0.15, 0.2) is 40.2 Å². The average Bonchev–Trinajstić information content (AvgIpc) is 2.98. The van der Waals surface area contributed by atoms with E-state index in [0.29, 0.717) is 23.5 Å². The third kappa shape index (κ3) is 3.54. The monoisotopic (exact) mass is 351 g/mol. The first-order valence-corrected chi connectivity index (χ1v) is 8.34. The standard InChI is InChI=1S/C16H17N3O2S.ClH/c1-3-8-21-13-9-10(22-2)4-5-11(13)15-18-12-6-7-17-16(20)14(12)19-15;/h4-7,9H,3,8H2,1-2H3,(H,17,20)(H,18,19);1H. The first-order valence-electron chi connectivity index (χ1n) is 7.11. The molecule has 3 rings (SSSR count). The average molecular weight is 352 g/mol. The van der Waals surface area contributed by atoms with E-state index in [0.717, 1.165) is 22.6 Å². The summed E-state index contributed by atoms with van der Waals surface area (Å²) in [5.41, 5.74) is 1.79. The van der Waals surface area contributed by atoms with E-state index in [4.69, 9.17) is 4.74 Å². The normalized spacial score (nSPS) is 10.5. The van der Waals surface area contributed by atoms with Crippen molar-refractivity contribution in [3.8, 4) is 17.1 Å². The molecular formula is C16H18ClN3O2S. The Labute approximate surface area is 144 Å². The second-order valence-corrected chi connectivity index (χ2v) is 5.74. The molecule has 2 N–H and O–H groups in total. The molecule has 1 aromatic carbocycles. The molecule has 0 saturated heterocycles. The Morgan fingerprint density at radius 2 is 2.13 bits per heavy atom. The van der Waals surface area contributed by atoms with Crippen molar-refractivity contribution in [3.05, 3.63) is 40.8 Å². The van der Waals surface area contributed by atoms with Crippen molar-refractivity contribution in [2.45, 2.75) is 18.2 Å². The summed E-state index contributed by atoms with van der Waals surface area (Å²) < 4.78 is 5.85. The summed E-state index contributed by atoms with van der Waals surface area (Å²) in [5.74, 6) is 1.43. The zero-order valence-electron chi connectivity index (χ0n) is 12.9. The number of nitrogens with one attached hydrogen (secondary N) is 2. The van der Waals surface area contributed by atoms with Crippen LogP contribution in [0.25, 0.3) is 22.4 Å². The minimum atomic E-state index is -0.197. The number of aromatic nitrogens is 3. The molecule has 0 fully saturated rings. The van der Waals surface area contributed by atoms with E-state index >= 15 is 0 Å². The van der Waals surface area contributed by atoms with Gasteiger partial charge in [0, 0.05) is 11.1 Å². The van der Waals surface area contributed by atoms with Crippen LogP contribution >= 0.6 is 24.2 Å². The summed E-state index contributed by atoms with van der Waals surface area (Å²) in [5, 5.41) is 0. The molecule has 0 aliphatic rings. The van der Waals surface area contributed by atoms with Crippen LogP contribution in [0, 0.1) is 0 Å². The van der Waals surface area contributed by atoms with Gasteiger partial charge in [0.25, 0.3) is 5.56 Å². The van der Waals surface area contributed by atoms with Gasteiger partial charge in [0.05, 0.1) is 17.7 Å². The second-order valence-electron chi connectivity index (χ2n) is 4.87. The molecule has 0 bridgehead atoms. The van der Waals surface area contributed by atoms with Crippen LogP contribution in [0.1, 0.15) is 13.3 Å². The number of ether oxygens (including phenoxy) is 1. The fourth-order valence-corrected chi connectivity index (χ4v) is 2.66. The topological polar surface area (TPSA) is 70.8 Å². The van der Waals surface area contributed by atoms with Gasteiger partial charge in [-0.05, 0) is 36.9 Å². The van der Waals surface area contributed by atoms with Gasteiger partial charge in [0.15, 0.2) is 5.52 Å². The number of aromatic amines is 2. The summed E-state index contributed by atoms with van der Waals surface area (Å²) in [7, 11) is 0. The molecule has 3 aromatic rings. The largest absolute Gasteiger partial charge is 0.493 e. The SMILES string of the molecule is CCCOc1cc(SC)ccc1-c1nc2c(=O)[nH]ccc2[nH]1.Cl. The number of hydrogen-bond acceptors (Lipinski definition) is 4. The van der Waals surface area contributed by atoms with E-state index in [-0.39, 0.29) is 18.0 Å². The highest BCUT2D eigenvalue weighted by atomic mass is 35.5. The van der Waals surface area contributed by atoms with Crippen molar-refractivity contribution in [3.63, 3.8) is 0 Å². The highest BCUT2D eigenvalue weighted by Crippen LogP contribution is 2.32. The van der Waals surface area contributed by atoms with E-state index in [1.165, 1.54) is 0 Å². The Morgan fingerprint density at radius 3 is 2.83 bits per heavy atom. The van der Waals surface area contributed by atoms with E-state index in [1.54, 1.807) is 24.0 Å². The lowest BCUT2D eigenvalue weighted by molar-refractivity contribution is 0.318. The first kappa shape index (κ1) is 17.4. The van der Waals surface area contributed by atoms with Gasteiger partial charge in [-0.25, -0.2) is 4.98 Å². The molecule has 0 amide bonds. The van der Waals surface area contributed by atoms with Crippen LogP contribution in [0.5, 0.6) is 5.75 Å². The summed E-state index contributed by atoms with van der Waals surface area (Å²) in [6.45, 7) is 2.71. The van der Waals surface area contributed by atoms with Crippen LogP contribution in [0.2, 0.25) is 0 Å². The Hall–Kier alpha value is -1.92. The van der Waals surface area contributed by atoms with Crippen molar-refractivity contribution in [2.75, 3.05) is 12.9 Å². The molecule has 122 valence electrons. The van der Waals surface area contributed by atoms with Crippen molar-refractivity contribution < 1.29 is 4.74 Å². The number of thioether (sulfide) groups is 1. The van der Waals surface area contributed by atoms with Crippen LogP contribution in [0.4, 0.5) is 0 Å². The summed E-state index contributed by atoms with van der Waals surface area (Å²) in [6.07, 6.45) is 4.57. The molecule has 0 unspecified atom stereocenters. The number of imidazole rings is 1. The molecule has 7 heteroatoms. The van der Waals surface area contributed by atoms with E-state index in [9.17, 15) is 4.79 Å². The molecule has 0 aliphatic carbocycles. The maximum absolute atomic E-state index is 11.8. The van der Waals surface area contributed by atoms with Crippen LogP contribution in [-0.2, 0) is 0 Å².